The van der Waals surface area contributed by atoms with Crippen LogP contribution in [0.15, 0.2) is 54.9 Å². The number of nitrogen functional groups attached to an aromatic ring is 1. The second-order valence-electron chi connectivity index (χ2n) is 8.03. The average Bonchev–Trinajstić information content (AvgIpc) is 3.46. The van der Waals surface area contributed by atoms with Crippen LogP contribution in [0, 0.1) is 0 Å². The zero-order chi connectivity index (χ0) is 22.2. The van der Waals surface area contributed by atoms with Crippen molar-refractivity contribution in [2.75, 3.05) is 5.73 Å². The van der Waals surface area contributed by atoms with Crippen molar-refractivity contribution in [1.29, 1.82) is 0 Å². The number of benzene rings is 1. The van der Waals surface area contributed by atoms with Crippen molar-refractivity contribution in [3.05, 3.63) is 66.4 Å². The summed E-state index contributed by atoms with van der Waals surface area (Å²) >= 11 is 0. The Kier molecular flexibility index (Phi) is 4.89. The largest absolute Gasteiger partial charge is 0.382 e. The average molecular weight is 425 g/mol. The van der Waals surface area contributed by atoms with Crippen LogP contribution >= 0.6 is 0 Å². The molecule has 8 heteroatoms. The number of pyridine rings is 2. The molecule has 5 aromatic rings. The van der Waals surface area contributed by atoms with E-state index >= 15 is 0 Å². The normalized spacial score (nSPS) is 11.6. The number of nitrogens with two attached hydrogens (primary N) is 1. The molecule has 0 bridgehead atoms. The first-order chi connectivity index (χ1) is 15.5. The van der Waals surface area contributed by atoms with E-state index in [9.17, 15) is 4.79 Å². The molecule has 1 aromatic carbocycles. The molecule has 0 unspecified atom stereocenters. The maximum absolute atomic E-state index is 12.6. The summed E-state index contributed by atoms with van der Waals surface area (Å²) < 4.78 is 2.16. The second kappa shape index (κ2) is 7.88. The first-order valence-corrected chi connectivity index (χ1v) is 10.6. The number of hydrogen-bond acceptors (Lipinski definition) is 6. The minimum atomic E-state index is -0.00637. The molecule has 4 aromatic heterocycles. The Hall–Kier alpha value is -4.07. The van der Waals surface area contributed by atoms with E-state index in [2.05, 4.69) is 38.6 Å². The van der Waals surface area contributed by atoms with E-state index in [4.69, 9.17) is 10.7 Å². The van der Waals surface area contributed by atoms with Gasteiger partial charge in [0, 0.05) is 42.2 Å². The number of carbonyl (C=O) groups is 1. The zero-order valence-electron chi connectivity index (χ0n) is 17.9. The van der Waals surface area contributed by atoms with Gasteiger partial charge in [0.25, 0.3) is 0 Å². The lowest BCUT2D eigenvalue weighted by molar-refractivity contribution is 0.0977. The topological polar surface area (TPSA) is 115 Å². The molecule has 160 valence electrons. The molecule has 5 rings (SSSR count). The molecule has 0 aliphatic rings. The molecular weight excluding hydrogens is 402 g/mol. The number of imidazole rings is 1. The van der Waals surface area contributed by atoms with Crippen LogP contribution in [-0.2, 0) is 6.42 Å². The minimum absolute atomic E-state index is 0.00637. The number of aromatic nitrogens is 6. The van der Waals surface area contributed by atoms with Crippen LogP contribution in [0.25, 0.3) is 33.2 Å². The fourth-order valence-corrected chi connectivity index (χ4v) is 4.12. The fourth-order valence-electron chi connectivity index (χ4n) is 4.12. The summed E-state index contributed by atoms with van der Waals surface area (Å²) in [6.45, 7) is 4.21. The van der Waals surface area contributed by atoms with Crippen LogP contribution in [0.1, 0.15) is 42.6 Å². The third-order valence-electron chi connectivity index (χ3n) is 5.57. The smallest absolute Gasteiger partial charge is 0.181 e. The lowest BCUT2D eigenvalue weighted by atomic mass is 10.1. The standard InChI is InChI=1S/C24H23N7O/c1-14(2)31-21(9-8-20(32)18-5-3-4-11-26-18)29-22-23(31)16-7-6-15(17-10-12-27-30-17)13-19(16)28-24(22)25/h3-7,10-14H,8-9H2,1-2H3,(H2,25,28)(H,27,30). The van der Waals surface area contributed by atoms with Gasteiger partial charge >= 0.3 is 0 Å². The van der Waals surface area contributed by atoms with E-state index < -0.39 is 0 Å². The van der Waals surface area contributed by atoms with Crippen LogP contribution in [0.5, 0.6) is 0 Å². The lowest BCUT2D eigenvalue weighted by Crippen LogP contribution is -2.10. The number of anilines is 1. The van der Waals surface area contributed by atoms with Crippen molar-refractivity contribution >= 4 is 33.5 Å². The fraction of sp³-hybridized carbons (Fsp3) is 0.208. The Balaban J connectivity index is 1.60. The molecule has 0 aliphatic heterocycles. The van der Waals surface area contributed by atoms with Crippen LogP contribution in [0.2, 0.25) is 0 Å². The van der Waals surface area contributed by atoms with E-state index in [1.165, 1.54) is 0 Å². The third-order valence-corrected chi connectivity index (χ3v) is 5.57. The maximum atomic E-state index is 12.6. The summed E-state index contributed by atoms with van der Waals surface area (Å²) in [5.41, 5.74) is 11.1. The highest BCUT2D eigenvalue weighted by Gasteiger charge is 2.20. The quantitative estimate of drug-likeness (QED) is 0.391. The number of aryl methyl sites for hydroxylation is 1. The predicted molar refractivity (Wildman–Crippen MR) is 124 cm³/mol. The van der Waals surface area contributed by atoms with Gasteiger partial charge in [-0.05, 0) is 44.2 Å². The van der Waals surface area contributed by atoms with Crippen LogP contribution in [-0.4, -0.2) is 35.5 Å². The van der Waals surface area contributed by atoms with Crippen molar-refractivity contribution in [2.24, 2.45) is 0 Å². The first kappa shape index (κ1) is 19.9. The lowest BCUT2D eigenvalue weighted by Gasteiger charge is -2.14. The van der Waals surface area contributed by atoms with Gasteiger partial charge in [-0.3, -0.25) is 14.9 Å². The van der Waals surface area contributed by atoms with E-state index in [1.807, 2.05) is 30.3 Å². The predicted octanol–water partition coefficient (Wildman–Crippen LogP) is 4.35. The number of aromatic amines is 1. The van der Waals surface area contributed by atoms with Crippen molar-refractivity contribution in [2.45, 2.75) is 32.7 Å². The van der Waals surface area contributed by atoms with Gasteiger partial charge in [-0.2, -0.15) is 5.10 Å². The molecule has 0 saturated carbocycles. The van der Waals surface area contributed by atoms with Gasteiger partial charge in [0.2, 0.25) is 0 Å². The first-order valence-electron chi connectivity index (χ1n) is 10.6. The number of hydrogen-bond donors (Lipinski definition) is 2. The van der Waals surface area contributed by atoms with Crippen molar-refractivity contribution in [1.82, 2.24) is 29.7 Å². The SMILES string of the molecule is CC(C)n1c(CCC(=O)c2ccccn2)nc2c(N)nc3cc(-c4ccn[nH]4)ccc3c21. The summed E-state index contributed by atoms with van der Waals surface area (Å²) in [4.78, 5) is 26.2. The Morgan fingerprint density at radius 3 is 2.72 bits per heavy atom. The maximum Gasteiger partial charge on any atom is 0.181 e. The summed E-state index contributed by atoms with van der Waals surface area (Å²) in [6.07, 6.45) is 4.17. The number of rotatable bonds is 6. The molecule has 0 saturated heterocycles. The Labute approximate surface area is 184 Å². The van der Waals surface area contributed by atoms with Crippen molar-refractivity contribution in [3.8, 4) is 11.3 Å². The Morgan fingerprint density at radius 2 is 2.00 bits per heavy atom. The number of fused-ring (bicyclic) bond motifs is 3. The van der Waals surface area contributed by atoms with Crippen molar-refractivity contribution < 1.29 is 4.79 Å². The molecule has 0 fully saturated rings. The van der Waals surface area contributed by atoms with E-state index in [0.717, 1.165) is 33.5 Å². The van der Waals surface area contributed by atoms with E-state index in [0.29, 0.717) is 29.9 Å². The number of H-pyrrole nitrogens is 1. The minimum Gasteiger partial charge on any atom is -0.382 e. The third kappa shape index (κ3) is 3.39. The summed E-state index contributed by atoms with van der Waals surface area (Å²) in [5.74, 6) is 1.19. The molecule has 0 atom stereocenters. The zero-order valence-corrected chi connectivity index (χ0v) is 17.9. The van der Waals surface area contributed by atoms with E-state index in [-0.39, 0.29) is 11.8 Å². The molecule has 32 heavy (non-hydrogen) atoms. The summed E-state index contributed by atoms with van der Waals surface area (Å²) in [5, 5.41) is 7.98. The number of ketones is 1. The number of carbonyl (C=O) groups excluding carboxylic acids is 1. The molecule has 8 nitrogen and oxygen atoms in total. The van der Waals surface area contributed by atoms with Gasteiger partial charge < -0.3 is 10.3 Å². The summed E-state index contributed by atoms with van der Waals surface area (Å²) in [6, 6.07) is 13.5. The molecule has 0 spiro atoms. The van der Waals surface area contributed by atoms with Gasteiger partial charge in [0.1, 0.15) is 17.0 Å². The van der Waals surface area contributed by atoms with Crippen LogP contribution in [0.3, 0.4) is 0 Å². The van der Waals surface area contributed by atoms with Gasteiger partial charge in [0.05, 0.1) is 16.7 Å². The molecule has 0 aliphatic carbocycles. The van der Waals surface area contributed by atoms with E-state index in [1.54, 1.807) is 24.5 Å². The van der Waals surface area contributed by atoms with Crippen LogP contribution in [0.4, 0.5) is 5.82 Å². The molecular formula is C24H23N7O. The monoisotopic (exact) mass is 425 g/mol. The molecule has 3 N–H and O–H groups in total. The molecule has 0 amide bonds. The number of Topliss-reactive ketones (excluding diaryl/α,β-unsaturated/α-hetero) is 1. The number of nitrogens with one attached hydrogen (secondary N) is 1. The Bertz CT molecular complexity index is 1420. The molecule has 0 radical (unpaired) electrons. The van der Waals surface area contributed by atoms with Gasteiger partial charge in [0.15, 0.2) is 11.6 Å². The molecule has 4 heterocycles. The highest BCUT2D eigenvalue weighted by molar-refractivity contribution is 6.07. The highest BCUT2D eigenvalue weighted by atomic mass is 16.1. The highest BCUT2D eigenvalue weighted by Crippen LogP contribution is 2.33. The Morgan fingerprint density at radius 1 is 1.12 bits per heavy atom. The number of nitrogens with zero attached hydrogens (tertiary/aromatic N) is 5. The van der Waals surface area contributed by atoms with Gasteiger partial charge in [-0.25, -0.2) is 9.97 Å². The van der Waals surface area contributed by atoms with Gasteiger partial charge in [-0.1, -0.05) is 12.1 Å². The van der Waals surface area contributed by atoms with Gasteiger partial charge in [-0.15, -0.1) is 0 Å². The summed E-state index contributed by atoms with van der Waals surface area (Å²) in [7, 11) is 0. The second-order valence-corrected chi connectivity index (χ2v) is 8.03. The van der Waals surface area contributed by atoms with Crippen LogP contribution < -0.4 is 5.73 Å². The van der Waals surface area contributed by atoms with Crippen molar-refractivity contribution in [3.63, 3.8) is 0 Å².